The van der Waals surface area contributed by atoms with Gasteiger partial charge in [0, 0.05) is 50.8 Å². The van der Waals surface area contributed by atoms with Crippen LogP contribution in [0.4, 0.5) is 4.39 Å². The van der Waals surface area contributed by atoms with Gasteiger partial charge in [-0.15, -0.1) is 0 Å². The van der Waals surface area contributed by atoms with Gasteiger partial charge in [-0.3, -0.25) is 14.2 Å². The first-order chi connectivity index (χ1) is 21.5. The van der Waals surface area contributed by atoms with Crippen molar-refractivity contribution in [1.29, 1.82) is 0 Å². The first-order valence-electron chi connectivity index (χ1n) is 15.2. The number of carbonyl (C=O) groups excluding carboxylic acids is 1. The highest BCUT2D eigenvalue weighted by atomic mass is 32.1. The number of benzene rings is 1. The third-order valence-corrected chi connectivity index (χ3v) is 9.72. The molecule has 4 aromatic rings. The molecule has 2 aliphatic rings. The number of hydrogen-bond donors (Lipinski definition) is 1. The van der Waals surface area contributed by atoms with Crippen LogP contribution in [0.15, 0.2) is 46.2 Å². The van der Waals surface area contributed by atoms with Crippen molar-refractivity contribution in [1.82, 2.24) is 23.8 Å². The minimum absolute atomic E-state index is 0.0891. The zero-order valence-corrected chi connectivity index (χ0v) is 26.9. The second kappa shape index (κ2) is 13.7. The molecule has 2 fully saturated rings. The Bertz CT molecular complexity index is 1770. The SMILES string of the molecule is COc1ccc(F)cc1CCn1c(=O)n(C(C)(C)C(=O)N2CCCC2)c(=O)c2c(C)c(-n3cccn3)sc21.OC1CCOCC1. The van der Waals surface area contributed by atoms with Crippen LogP contribution in [-0.2, 0) is 28.0 Å². The molecule has 0 radical (unpaired) electrons. The van der Waals surface area contributed by atoms with E-state index < -0.39 is 22.6 Å². The summed E-state index contributed by atoms with van der Waals surface area (Å²) in [5, 5.41) is 14.2. The summed E-state index contributed by atoms with van der Waals surface area (Å²) in [6, 6.07) is 6.03. The monoisotopic (exact) mass is 641 g/mol. The molecule has 1 aromatic carbocycles. The van der Waals surface area contributed by atoms with E-state index in [1.54, 1.807) is 48.0 Å². The van der Waals surface area contributed by atoms with Gasteiger partial charge in [-0.2, -0.15) is 5.10 Å². The number of rotatable bonds is 7. The first-order valence-corrected chi connectivity index (χ1v) is 16.0. The number of aryl methyl sites for hydroxylation is 3. The fourth-order valence-corrected chi connectivity index (χ4v) is 7.16. The Morgan fingerprint density at radius 2 is 1.91 bits per heavy atom. The molecule has 13 heteroatoms. The minimum Gasteiger partial charge on any atom is -0.496 e. The zero-order valence-electron chi connectivity index (χ0n) is 26.1. The third kappa shape index (κ3) is 6.61. The van der Waals surface area contributed by atoms with Crippen LogP contribution >= 0.6 is 11.3 Å². The van der Waals surface area contributed by atoms with Crippen molar-refractivity contribution in [2.24, 2.45) is 0 Å². The number of nitrogens with zero attached hydrogens (tertiary/aromatic N) is 5. The van der Waals surface area contributed by atoms with E-state index in [4.69, 9.17) is 14.6 Å². The van der Waals surface area contributed by atoms with Crippen LogP contribution in [0.1, 0.15) is 50.7 Å². The second-order valence-corrected chi connectivity index (χ2v) is 12.8. The lowest BCUT2D eigenvalue weighted by Crippen LogP contribution is -2.56. The maximum absolute atomic E-state index is 14.1. The van der Waals surface area contributed by atoms with Crippen molar-refractivity contribution < 1.29 is 23.8 Å². The van der Waals surface area contributed by atoms with Crippen LogP contribution in [0, 0.1) is 12.7 Å². The summed E-state index contributed by atoms with van der Waals surface area (Å²) >= 11 is 1.29. The standard InChI is InChI=1S/C27H30FN5O4S.C5H10O2/c1-17-21-22(34)33(27(2,3)25(35)30-12-5-6-13-30)26(36)31(24(21)38-23(17)32-14-7-11-29-32)15-10-18-16-19(28)8-9-20(18)37-4;6-5-1-3-7-4-2-5/h7-9,11,14,16H,5-6,10,12-13,15H2,1-4H3;5-6H,1-4H2. The number of fused-ring (bicyclic) bond motifs is 1. The van der Waals surface area contributed by atoms with Gasteiger partial charge in [-0.1, -0.05) is 11.3 Å². The Morgan fingerprint density at radius 3 is 2.51 bits per heavy atom. The van der Waals surface area contributed by atoms with Gasteiger partial charge in [-0.25, -0.2) is 18.4 Å². The molecule has 5 heterocycles. The molecule has 0 atom stereocenters. The van der Waals surface area contributed by atoms with Gasteiger partial charge in [0.15, 0.2) is 0 Å². The van der Waals surface area contributed by atoms with Crippen LogP contribution in [0.5, 0.6) is 5.75 Å². The number of aliphatic hydroxyl groups excluding tert-OH is 1. The number of likely N-dealkylation sites (tertiary alicyclic amines) is 1. The fraction of sp³-hybridized carbons (Fsp3) is 0.500. The number of aromatic nitrogens is 4. The molecule has 1 N–H and O–H groups in total. The number of amides is 1. The van der Waals surface area contributed by atoms with Crippen LogP contribution in [-0.4, -0.2) is 74.3 Å². The molecule has 0 unspecified atom stereocenters. The van der Waals surface area contributed by atoms with Crippen LogP contribution in [0.2, 0.25) is 0 Å². The molecule has 0 saturated carbocycles. The lowest BCUT2D eigenvalue weighted by atomic mass is 10.0. The van der Waals surface area contributed by atoms with Crippen molar-refractivity contribution in [2.75, 3.05) is 33.4 Å². The highest BCUT2D eigenvalue weighted by Crippen LogP contribution is 2.32. The van der Waals surface area contributed by atoms with E-state index in [1.807, 2.05) is 6.92 Å². The summed E-state index contributed by atoms with van der Waals surface area (Å²) < 4.78 is 28.7. The van der Waals surface area contributed by atoms with Gasteiger partial charge < -0.3 is 19.5 Å². The molecule has 3 aromatic heterocycles. The minimum atomic E-state index is -1.40. The van der Waals surface area contributed by atoms with Crippen molar-refractivity contribution >= 4 is 27.5 Å². The number of ether oxygens (including phenoxy) is 2. The van der Waals surface area contributed by atoms with Gasteiger partial charge in [0.25, 0.3) is 5.56 Å². The Labute approximate surface area is 264 Å². The smallest absolute Gasteiger partial charge is 0.333 e. The maximum atomic E-state index is 14.1. The number of hydrogen-bond acceptors (Lipinski definition) is 8. The average Bonchev–Trinajstić information content (AvgIpc) is 3.80. The molecular weight excluding hydrogens is 601 g/mol. The number of thiophene rings is 1. The van der Waals surface area contributed by atoms with E-state index in [1.165, 1.54) is 35.1 Å². The van der Waals surface area contributed by atoms with Crippen molar-refractivity contribution in [3.05, 3.63) is 74.4 Å². The third-order valence-electron chi connectivity index (χ3n) is 8.41. The topological polar surface area (TPSA) is 121 Å². The molecule has 0 bridgehead atoms. The highest BCUT2D eigenvalue weighted by molar-refractivity contribution is 7.21. The Hall–Kier alpha value is -3.81. The number of halogens is 1. The van der Waals surface area contributed by atoms with Crippen LogP contribution in [0.3, 0.4) is 0 Å². The molecule has 6 rings (SSSR count). The van der Waals surface area contributed by atoms with Crippen LogP contribution < -0.4 is 16.0 Å². The van der Waals surface area contributed by atoms with Crippen molar-refractivity contribution in [3.63, 3.8) is 0 Å². The summed E-state index contributed by atoms with van der Waals surface area (Å²) in [7, 11) is 1.51. The Balaban J connectivity index is 0.000000505. The molecule has 2 aliphatic heterocycles. The first kappa shape index (κ1) is 32.6. The molecule has 242 valence electrons. The number of aliphatic hydroxyl groups is 1. The van der Waals surface area contributed by atoms with Gasteiger partial charge in [0.1, 0.15) is 26.9 Å². The molecule has 0 spiro atoms. The summed E-state index contributed by atoms with van der Waals surface area (Å²) in [6.45, 7) is 7.91. The molecule has 0 aliphatic carbocycles. The number of methoxy groups -OCH3 is 1. The highest BCUT2D eigenvalue weighted by Gasteiger charge is 2.39. The molecular formula is C32H40FN5O6S. The fourth-order valence-electron chi connectivity index (χ4n) is 5.90. The predicted octanol–water partition coefficient (Wildman–Crippen LogP) is 3.62. The lowest BCUT2D eigenvalue weighted by molar-refractivity contribution is -0.138. The second-order valence-electron chi connectivity index (χ2n) is 11.8. The van der Waals surface area contributed by atoms with E-state index in [-0.39, 0.29) is 25.0 Å². The lowest BCUT2D eigenvalue weighted by Gasteiger charge is -2.31. The van der Waals surface area contributed by atoms with E-state index >= 15 is 0 Å². The normalized spacial score (nSPS) is 15.7. The quantitative estimate of drug-likeness (QED) is 0.327. The molecule has 45 heavy (non-hydrogen) atoms. The average molecular weight is 642 g/mol. The van der Waals surface area contributed by atoms with E-state index in [0.717, 1.165) is 43.5 Å². The van der Waals surface area contributed by atoms with Gasteiger partial charge in [-0.05, 0) is 82.7 Å². The Morgan fingerprint density at radius 1 is 1.20 bits per heavy atom. The maximum Gasteiger partial charge on any atom is 0.333 e. The summed E-state index contributed by atoms with van der Waals surface area (Å²) in [6.07, 6.45) is 7.04. The molecule has 1 amide bonds. The summed E-state index contributed by atoms with van der Waals surface area (Å²) in [5.41, 5.74) is -1.21. The molecule has 11 nitrogen and oxygen atoms in total. The summed E-state index contributed by atoms with van der Waals surface area (Å²) in [5.74, 6) is -0.159. The molecule has 2 saturated heterocycles. The summed E-state index contributed by atoms with van der Waals surface area (Å²) in [4.78, 5) is 43.8. The van der Waals surface area contributed by atoms with E-state index in [2.05, 4.69) is 5.10 Å². The van der Waals surface area contributed by atoms with Crippen molar-refractivity contribution in [3.8, 4) is 10.8 Å². The van der Waals surface area contributed by atoms with Crippen molar-refractivity contribution in [2.45, 2.75) is 71.1 Å². The predicted molar refractivity (Wildman–Crippen MR) is 170 cm³/mol. The Kier molecular flexibility index (Phi) is 9.90. The van der Waals surface area contributed by atoms with Crippen LogP contribution in [0.25, 0.3) is 15.2 Å². The van der Waals surface area contributed by atoms with Gasteiger partial charge in [0.05, 0.1) is 18.6 Å². The van der Waals surface area contributed by atoms with Gasteiger partial charge in [0.2, 0.25) is 5.91 Å². The zero-order chi connectivity index (χ0) is 32.3. The van der Waals surface area contributed by atoms with Gasteiger partial charge >= 0.3 is 5.69 Å². The van der Waals surface area contributed by atoms with E-state index in [0.29, 0.717) is 45.2 Å². The number of carbonyl (C=O) groups is 1. The van der Waals surface area contributed by atoms with E-state index in [9.17, 15) is 18.8 Å². The largest absolute Gasteiger partial charge is 0.496 e.